The van der Waals surface area contributed by atoms with E-state index in [9.17, 15) is 8.42 Å². The SMILES string of the molecule is COc1ccc(OC)c(NS(=O)(=O)c2cc(N)cs2)c1. The van der Waals surface area contributed by atoms with E-state index in [1.807, 2.05) is 0 Å². The van der Waals surface area contributed by atoms with Crippen LogP contribution in [-0.2, 0) is 10.0 Å². The summed E-state index contributed by atoms with van der Waals surface area (Å²) >= 11 is 1.05. The summed E-state index contributed by atoms with van der Waals surface area (Å²) < 4.78 is 37.3. The minimum atomic E-state index is -3.70. The van der Waals surface area contributed by atoms with Gasteiger partial charge in [-0.15, -0.1) is 11.3 Å². The largest absolute Gasteiger partial charge is 0.497 e. The van der Waals surface area contributed by atoms with Gasteiger partial charge in [-0.05, 0) is 18.2 Å². The van der Waals surface area contributed by atoms with Crippen LogP contribution in [-0.4, -0.2) is 22.6 Å². The van der Waals surface area contributed by atoms with Gasteiger partial charge in [0.15, 0.2) is 0 Å². The summed E-state index contributed by atoms with van der Waals surface area (Å²) in [5.74, 6) is 0.924. The molecule has 0 fully saturated rings. The van der Waals surface area contributed by atoms with Crippen LogP contribution in [0.3, 0.4) is 0 Å². The Morgan fingerprint density at radius 3 is 2.50 bits per heavy atom. The number of hydrogen-bond donors (Lipinski definition) is 2. The van der Waals surface area contributed by atoms with Crippen LogP contribution in [0.2, 0.25) is 0 Å². The van der Waals surface area contributed by atoms with E-state index in [2.05, 4.69) is 4.72 Å². The van der Waals surface area contributed by atoms with Crippen molar-refractivity contribution in [3.05, 3.63) is 29.6 Å². The van der Waals surface area contributed by atoms with Crippen molar-refractivity contribution in [3.8, 4) is 11.5 Å². The van der Waals surface area contributed by atoms with Gasteiger partial charge in [0.2, 0.25) is 0 Å². The summed E-state index contributed by atoms with van der Waals surface area (Å²) in [6, 6.07) is 6.26. The molecule has 0 aliphatic carbocycles. The van der Waals surface area contributed by atoms with Crippen LogP contribution in [0.25, 0.3) is 0 Å². The predicted molar refractivity (Wildman–Crippen MR) is 79.1 cm³/mol. The number of nitrogens with one attached hydrogen (secondary N) is 1. The van der Waals surface area contributed by atoms with Crippen LogP contribution in [0.1, 0.15) is 0 Å². The number of thiophene rings is 1. The Morgan fingerprint density at radius 1 is 1.20 bits per heavy atom. The summed E-state index contributed by atoms with van der Waals surface area (Å²) in [6.07, 6.45) is 0. The second kappa shape index (κ2) is 5.59. The number of nitrogen functional groups attached to an aromatic ring is 1. The zero-order valence-electron chi connectivity index (χ0n) is 10.9. The van der Waals surface area contributed by atoms with E-state index in [1.54, 1.807) is 23.6 Å². The Labute approximate surface area is 121 Å². The molecule has 8 heteroatoms. The molecule has 0 bridgehead atoms. The summed E-state index contributed by atoms with van der Waals surface area (Å²) in [7, 11) is -0.736. The lowest BCUT2D eigenvalue weighted by molar-refractivity contribution is 0.405. The van der Waals surface area contributed by atoms with Gasteiger partial charge in [-0.1, -0.05) is 0 Å². The second-order valence-electron chi connectivity index (χ2n) is 3.87. The Morgan fingerprint density at radius 2 is 1.95 bits per heavy atom. The third-order valence-corrected chi connectivity index (χ3v) is 5.33. The topological polar surface area (TPSA) is 90.6 Å². The van der Waals surface area contributed by atoms with E-state index >= 15 is 0 Å². The molecular formula is C12H14N2O4S2. The molecule has 0 spiro atoms. The zero-order valence-corrected chi connectivity index (χ0v) is 12.5. The molecule has 1 heterocycles. The first-order chi connectivity index (χ1) is 9.46. The maximum atomic E-state index is 12.2. The fourth-order valence-electron chi connectivity index (χ4n) is 1.56. The Bertz CT molecular complexity index is 710. The molecule has 1 aromatic heterocycles. The molecule has 20 heavy (non-hydrogen) atoms. The van der Waals surface area contributed by atoms with Crippen molar-refractivity contribution in [1.29, 1.82) is 0 Å². The second-order valence-corrected chi connectivity index (χ2v) is 6.69. The van der Waals surface area contributed by atoms with E-state index in [0.717, 1.165) is 11.3 Å². The molecular weight excluding hydrogens is 300 g/mol. The van der Waals surface area contributed by atoms with Crippen molar-refractivity contribution in [2.24, 2.45) is 0 Å². The molecule has 1 aromatic carbocycles. The highest BCUT2D eigenvalue weighted by Gasteiger charge is 2.19. The Hall–Kier alpha value is -1.93. The highest BCUT2D eigenvalue weighted by molar-refractivity contribution is 7.94. The number of hydrogen-bond acceptors (Lipinski definition) is 6. The number of rotatable bonds is 5. The smallest absolute Gasteiger partial charge is 0.271 e. The Balaban J connectivity index is 2.38. The van der Waals surface area contributed by atoms with Gasteiger partial charge >= 0.3 is 0 Å². The molecule has 0 atom stereocenters. The van der Waals surface area contributed by atoms with Crippen molar-refractivity contribution < 1.29 is 17.9 Å². The van der Waals surface area contributed by atoms with Crippen LogP contribution in [0.15, 0.2) is 33.9 Å². The first-order valence-corrected chi connectivity index (χ1v) is 7.91. The first-order valence-electron chi connectivity index (χ1n) is 5.55. The molecule has 0 aliphatic rings. The normalized spacial score (nSPS) is 11.1. The number of nitrogens with two attached hydrogens (primary N) is 1. The molecule has 0 saturated heterocycles. The monoisotopic (exact) mass is 314 g/mol. The quantitative estimate of drug-likeness (QED) is 0.882. The van der Waals surface area contributed by atoms with E-state index < -0.39 is 10.0 Å². The van der Waals surface area contributed by atoms with E-state index in [4.69, 9.17) is 15.2 Å². The number of sulfonamides is 1. The molecule has 2 aromatic rings. The van der Waals surface area contributed by atoms with Crippen molar-refractivity contribution in [2.75, 3.05) is 24.7 Å². The van der Waals surface area contributed by atoms with E-state index in [-0.39, 0.29) is 4.21 Å². The summed E-state index contributed by atoms with van der Waals surface area (Å²) in [6.45, 7) is 0. The van der Waals surface area contributed by atoms with E-state index in [0.29, 0.717) is 22.9 Å². The van der Waals surface area contributed by atoms with E-state index in [1.165, 1.54) is 20.3 Å². The fourth-order valence-corrected chi connectivity index (χ4v) is 3.70. The first kappa shape index (κ1) is 14.5. The van der Waals surface area contributed by atoms with Gasteiger partial charge in [0.05, 0.1) is 19.9 Å². The van der Waals surface area contributed by atoms with Crippen molar-refractivity contribution in [1.82, 2.24) is 0 Å². The molecule has 2 rings (SSSR count). The lowest BCUT2D eigenvalue weighted by atomic mass is 10.3. The van der Waals surface area contributed by atoms with Gasteiger partial charge in [0.1, 0.15) is 15.7 Å². The molecule has 108 valence electrons. The molecule has 0 unspecified atom stereocenters. The molecule has 0 aliphatic heterocycles. The number of ether oxygens (including phenoxy) is 2. The van der Waals surface area contributed by atoms with Gasteiger partial charge in [-0.2, -0.15) is 0 Å². The zero-order chi connectivity index (χ0) is 14.8. The maximum absolute atomic E-state index is 12.2. The van der Waals surface area contributed by atoms with Crippen molar-refractivity contribution in [2.45, 2.75) is 4.21 Å². The van der Waals surface area contributed by atoms with Gasteiger partial charge in [-0.3, -0.25) is 4.72 Å². The third kappa shape index (κ3) is 2.97. The van der Waals surface area contributed by atoms with Crippen LogP contribution in [0.4, 0.5) is 11.4 Å². The summed E-state index contributed by atoms with van der Waals surface area (Å²) in [5.41, 5.74) is 6.26. The molecule has 0 radical (unpaired) electrons. The van der Waals surface area contributed by atoms with Gasteiger partial charge in [-0.25, -0.2) is 8.42 Å². The highest BCUT2D eigenvalue weighted by Crippen LogP contribution is 2.32. The van der Waals surface area contributed by atoms with Crippen LogP contribution < -0.4 is 19.9 Å². The minimum Gasteiger partial charge on any atom is -0.497 e. The van der Waals surface area contributed by atoms with Crippen molar-refractivity contribution >= 4 is 32.7 Å². The Kier molecular flexibility index (Phi) is 4.05. The highest BCUT2D eigenvalue weighted by atomic mass is 32.2. The molecule has 6 nitrogen and oxygen atoms in total. The van der Waals surface area contributed by atoms with Crippen molar-refractivity contribution in [3.63, 3.8) is 0 Å². The van der Waals surface area contributed by atoms with Crippen LogP contribution in [0, 0.1) is 0 Å². The maximum Gasteiger partial charge on any atom is 0.271 e. The lowest BCUT2D eigenvalue weighted by Gasteiger charge is -2.12. The van der Waals surface area contributed by atoms with Crippen LogP contribution in [0.5, 0.6) is 11.5 Å². The average molecular weight is 314 g/mol. The van der Waals surface area contributed by atoms with Gasteiger partial charge in [0, 0.05) is 17.1 Å². The average Bonchev–Trinajstić information content (AvgIpc) is 2.86. The predicted octanol–water partition coefficient (Wildman–Crippen LogP) is 2.15. The van der Waals surface area contributed by atoms with Gasteiger partial charge in [0.25, 0.3) is 10.0 Å². The number of methoxy groups -OCH3 is 2. The lowest BCUT2D eigenvalue weighted by Crippen LogP contribution is -2.12. The standard InChI is InChI=1S/C12H14N2O4S2/c1-17-9-3-4-11(18-2)10(6-9)14-20(15,16)12-5-8(13)7-19-12/h3-7,14H,13H2,1-2H3. The minimum absolute atomic E-state index is 0.139. The molecule has 3 N–H and O–H groups in total. The van der Waals surface area contributed by atoms with Crippen LogP contribution >= 0.6 is 11.3 Å². The number of anilines is 2. The third-order valence-electron chi connectivity index (χ3n) is 2.51. The summed E-state index contributed by atoms with van der Waals surface area (Å²) in [4.78, 5) is 0. The number of benzene rings is 1. The molecule has 0 saturated carbocycles. The van der Waals surface area contributed by atoms with Gasteiger partial charge < -0.3 is 15.2 Å². The summed E-state index contributed by atoms with van der Waals surface area (Å²) in [5, 5.41) is 1.57. The molecule has 0 amide bonds. The fraction of sp³-hybridized carbons (Fsp3) is 0.167.